The van der Waals surface area contributed by atoms with Crippen molar-refractivity contribution in [3.8, 4) is 0 Å². The van der Waals surface area contributed by atoms with Crippen LogP contribution in [-0.2, 0) is 9.59 Å². The van der Waals surface area contributed by atoms with E-state index >= 15 is 0 Å². The summed E-state index contributed by atoms with van der Waals surface area (Å²) >= 11 is 0. The normalized spacial score (nSPS) is 13.4. The van der Waals surface area contributed by atoms with E-state index in [1.54, 1.807) is 0 Å². The van der Waals surface area contributed by atoms with Crippen molar-refractivity contribution in [2.24, 2.45) is 5.84 Å². The number of nitrogens with zero attached hydrogens (tertiary/aromatic N) is 1. The number of carbonyl (C=O) groups excluding carboxylic acids is 2. The Bertz CT molecular complexity index is 443. The number of carbonyl (C=O) groups is 3. The van der Waals surface area contributed by atoms with Crippen LogP contribution in [-0.4, -0.2) is 27.9 Å². The predicted molar refractivity (Wildman–Crippen MR) is 61.4 cm³/mol. The Hall–Kier alpha value is -2.48. The predicted octanol–water partition coefficient (Wildman–Crippen LogP) is -0.512. The molecule has 0 aliphatic carbocycles. The average molecular weight is 252 g/mol. The lowest BCUT2D eigenvalue weighted by atomic mass is 10.3. The standard InChI is InChI=1S/C6H7N3O2.C4H5NO2/c7-9-5-2-1-4(3-8-5)6(10)11;6-3-1-2-4(7)5-3/h1-3H,7H2,(H,8,9)(H,10,11);1-2H2,(H,5,6,7). The van der Waals surface area contributed by atoms with Gasteiger partial charge in [-0.15, -0.1) is 0 Å². The van der Waals surface area contributed by atoms with Gasteiger partial charge in [0.2, 0.25) is 11.8 Å². The molecule has 96 valence electrons. The first kappa shape index (κ1) is 13.6. The van der Waals surface area contributed by atoms with E-state index in [0.717, 1.165) is 0 Å². The number of aromatic carboxylic acids is 1. The minimum absolute atomic E-state index is 0.143. The molecule has 2 rings (SSSR count). The van der Waals surface area contributed by atoms with E-state index in [1.807, 2.05) is 0 Å². The second kappa shape index (κ2) is 6.30. The number of rotatable bonds is 2. The van der Waals surface area contributed by atoms with Crippen LogP contribution in [0.15, 0.2) is 18.3 Å². The van der Waals surface area contributed by atoms with E-state index in [1.165, 1.54) is 18.3 Å². The lowest BCUT2D eigenvalue weighted by molar-refractivity contribution is -0.124. The van der Waals surface area contributed by atoms with Crippen LogP contribution >= 0.6 is 0 Å². The lowest BCUT2D eigenvalue weighted by Crippen LogP contribution is -2.18. The number of hydrazine groups is 1. The van der Waals surface area contributed by atoms with Gasteiger partial charge in [-0.2, -0.15) is 0 Å². The van der Waals surface area contributed by atoms with Crippen LogP contribution in [0.1, 0.15) is 23.2 Å². The molecule has 1 saturated heterocycles. The zero-order valence-electron chi connectivity index (χ0n) is 9.34. The molecule has 0 radical (unpaired) electrons. The topological polar surface area (TPSA) is 134 Å². The van der Waals surface area contributed by atoms with E-state index in [4.69, 9.17) is 10.9 Å². The first-order chi connectivity index (χ1) is 8.52. The van der Waals surface area contributed by atoms with Crippen LogP contribution in [0.5, 0.6) is 0 Å². The van der Waals surface area contributed by atoms with Crippen molar-refractivity contribution in [3.63, 3.8) is 0 Å². The van der Waals surface area contributed by atoms with Gasteiger partial charge in [0.05, 0.1) is 5.56 Å². The Kier molecular flexibility index (Phi) is 4.76. The summed E-state index contributed by atoms with van der Waals surface area (Å²) in [6.45, 7) is 0. The number of anilines is 1. The molecule has 0 atom stereocenters. The summed E-state index contributed by atoms with van der Waals surface area (Å²) in [5.74, 6) is 4.16. The lowest BCUT2D eigenvalue weighted by Gasteiger charge is -1.97. The van der Waals surface area contributed by atoms with Crippen molar-refractivity contribution in [2.75, 3.05) is 5.43 Å². The molecule has 0 bridgehead atoms. The molecule has 18 heavy (non-hydrogen) atoms. The molecule has 1 aliphatic heterocycles. The van der Waals surface area contributed by atoms with Crippen LogP contribution in [0.2, 0.25) is 0 Å². The maximum atomic E-state index is 10.3. The number of hydrogen-bond acceptors (Lipinski definition) is 6. The number of aromatic nitrogens is 1. The van der Waals surface area contributed by atoms with Gasteiger partial charge in [-0.05, 0) is 12.1 Å². The Labute approximate surface area is 102 Å². The quantitative estimate of drug-likeness (QED) is 0.316. The van der Waals surface area contributed by atoms with E-state index in [-0.39, 0.29) is 17.4 Å². The Balaban J connectivity index is 0.000000199. The van der Waals surface area contributed by atoms with Crippen LogP contribution in [0.25, 0.3) is 0 Å². The summed E-state index contributed by atoms with van der Waals surface area (Å²) in [5, 5.41) is 10.6. The number of nitrogens with two attached hydrogens (primary N) is 1. The monoisotopic (exact) mass is 252 g/mol. The maximum absolute atomic E-state index is 10.3. The number of carboxylic acid groups (broad SMARTS) is 1. The summed E-state index contributed by atoms with van der Waals surface area (Å²) in [7, 11) is 0. The number of carboxylic acids is 1. The van der Waals surface area contributed by atoms with Crippen LogP contribution in [0.4, 0.5) is 5.82 Å². The number of pyridine rings is 1. The molecule has 5 N–H and O–H groups in total. The third-order valence-electron chi connectivity index (χ3n) is 2.02. The molecule has 1 aromatic rings. The summed E-state index contributed by atoms with van der Waals surface area (Å²) in [5.41, 5.74) is 2.43. The van der Waals surface area contributed by atoms with Crippen molar-refractivity contribution < 1.29 is 19.5 Å². The maximum Gasteiger partial charge on any atom is 0.337 e. The number of imide groups is 1. The van der Waals surface area contributed by atoms with Crippen molar-refractivity contribution in [1.82, 2.24) is 10.3 Å². The smallest absolute Gasteiger partial charge is 0.337 e. The number of amides is 2. The zero-order valence-corrected chi connectivity index (χ0v) is 9.34. The molecule has 0 aromatic carbocycles. The number of nitrogen functional groups attached to an aromatic ring is 1. The number of hydrogen-bond donors (Lipinski definition) is 4. The highest BCUT2D eigenvalue weighted by Gasteiger charge is 2.15. The van der Waals surface area contributed by atoms with Gasteiger partial charge < -0.3 is 10.5 Å². The molecule has 0 unspecified atom stereocenters. The fraction of sp³-hybridized carbons (Fsp3) is 0.200. The highest BCUT2D eigenvalue weighted by atomic mass is 16.4. The molecule has 0 spiro atoms. The third kappa shape index (κ3) is 4.18. The molecule has 1 aliphatic rings. The van der Waals surface area contributed by atoms with Gasteiger partial charge in [-0.3, -0.25) is 14.9 Å². The van der Waals surface area contributed by atoms with Crippen LogP contribution in [0.3, 0.4) is 0 Å². The van der Waals surface area contributed by atoms with Gasteiger partial charge in [0.15, 0.2) is 0 Å². The second-order valence-corrected chi connectivity index (χ2v) is 3.35. The summed E-state index contributed by atoms with van der Waals surface area (Å²) in [6, 6.07) is 2.91. The van der Waals surface area contributed by atoms with Crippen molar-refractivity contribution in [3.05, 3.63) is 23.9 Å². The van der Waals surface area contributed by atoms with E-state index in [0.29, 0.717) is 18.7 Å². The second-order valence-electron chi connectivity index (χ2n) is 3.35. The Morgan fingerprint density at radius 1 is 1.33 bits per heavy atom. The summed E-state index contributed by atoms with van der Waals surface area (Å²) in [4.78, 5) is 34.3. The zero-order chi connectivity index (χ0) is 13.5. The van der Waals surface area contributed by atoms with Gasteiger partial charge in [0.25, 0.3) is 0 Å². The summed E-state index contributed by atoms with van der Waals surface area (Å²) < 4.78 is 0. The van der Waals surface area contributed by atoms with Gasteiger partial charge in [0, 0.05) is 19.0 Å². The highest BCUT2D eigenvalue weighted by molar-refractivity contribution is 6.01. The summed E-state index contributed by atoms with van der Waals surface area (Å²) in [6.07, 6.45) is 1.98. The molecular weight excluding hydrogens is 240 g/mol. The van der Waals surface area contributed by atoms with Crippen LogP contribution < -0.4 is 16.6 Å². The fourth-order valence-corrected chi connectivity index (χ4v) is 1.11. The first-order valence-corrected chi connectivity index (χ1v) is 5.01. The van der Waals surface area contributed by atoms with Crippen LogP contribution in [0, 0.1) is 0 Å². The van der Waals surface area contributed by atoms with Gasteiger partial charge in [-0.1, -0.05) is 0 Å². The minimum atomic E-state index is -0.999. The SMILES string of the molecule is NNc1ccc(C(=O)O)cn1.O=C1CCC(=O)N1. The largest absolute Gasteiger partial charge is 0.478 e. The molecule has 8 nitrogen and oxygen atoms in total. The van der Waals surface area contributed by atoms with Gasteiger partial charge in [-0.25, -0.2) is 15.6 Å². The molecular formula is C10H12N4O4. The van der Waals surface area contributed by atoms with Crippen molar-refractivity contribution in [2.45, 2.75) is 12.8 Å². The molecule has 1 fully saturated rings. The first-order valence-electron chi connectivity index (χ1n) is 5.01. The van der Waals surface area contributed by atoms with Crippen molar-refractivity contribution >= 4 is 23.6 Å². The fourth-order valence-electron chi connectivity index (χ4n) is 1.11. The van der Waals surface area contributed by atoms with Gasteiger partial charge >= 0.3 is 5.97 Å². The highest BCUT2D eigenvalue weighted by Crippen LogP contribution is 2.02. The van der Waals surface area contributed by atoms with Gasteiger partial charge in [0.1, 0.15) is 5.82 Å². The third-order valence-corrected chi connectivity index (χ3v) is 2.02. The molecule has 2 amide bonds. The van der Waals surface area contributed by atoms with E-state index in [9.17, 15) is 14.4 Å². The molecule has 0 saturated carbocycles. The Morgan fingerprint density at radius 3 is 2.22 bits per heavy atom. The molecule has 2 heterocycles. The number of nitrogens with one attached hydrogen (secondary N) is 2. The minimum Gasteiger partial charge on any atom is -0.478 e. The Morgan fingerprint density at radius 2 is 1.94 bits per heavy atom. The van der Waals surface area contributed by atoms with Crippen molar-refractivity contribution in [1.29, 1.82) is 0 Å². The average Bonchev–Trinajstić information content (AvgIpc) is 2.74. The van der Waals surface area contributed by atoms with E-state index < -0.39 is 5.97 Å². The molecule has 8 heteroatoms. The van der Waals surface area contributed by atoms with E-state index in [2.05, 4.69) is 15.7 Å². The molecule has 1 aromatic heterocycles.